The van der Waals surface area contributed by atoms with Crippen molar-refractivity contribution in [2.45, 2.75) is 6.36 Å². The van der Waals surface area contributed by atoms with Gasteiger partial charge in [0.1, 0.15) is 5.75 Å². The number of nitrogens with one attached hydrogen (secondary N) is 1. The fourth-order valence-corrected chi connectivity index (χ4v) is 2.20. The Hall–Kier alpha value is -1.93. The van der Waals surface area contributed by atoms with Gasteiger partial charge in [-0.25, -0.2) is 0 Å². The maximum Gasteiger partial charge on any atom is 0.573 e. The van der Waals surface area contributed by atoms with E-state index >= 15 is 0 Å². The van der Waals surface area contributed by atoms with Gasteiger partial charge < -0.3 is 15.2 Å². The van der Waals surface area contributed by atoms with Crippen molar-refractivity contribution in [1.29, 1.82) is 0 Å². The SMILES string of the molecule is O=C(Nc1ccc(Br)cc1OC(F)(F)F)c1cc(Cl)ccc1O. The van der Waals surface area contributed by atoms with Crippen LogP contribution in [0.25, 0.3) is 0 Å². The van der Waals surface area contributed by atoms with Crippen molar-refractivity contribution in [1.82, 2.24) is 0 Å². The van der Waals surface area contributed by atoms with Crippen LogP contribution >= 0.6 is 27.5 Å². The van der Waals surface area contributed by atoms with Crippen molar-refractivity contribution in [2.75, 3.05) is 5.32 Å². The fraction of sp³-hybridized carbons (Fsp3) is 0.0714. The average molecular weight is 411 g/mol. The smallest absolute Gasteiger partial charge is 0.507 e. The van der Waals surface area contributed by atoms with E-state index in [1.807, 2.05) is 0 Å². The Morgan fingerprint density at radius 1 is 1.22 bits per heavy atom. The zero-order valence-electron chi connectivity index (χ0n) is 11.1. The van der Waals surface area contributed by atoms with Gasteiger partial charge in [0.2, 0.25) is 0 Å². The number of anilines is 1. The molecule has 0 saturated heterocycles. The lowest BCUT2D eigenvalue weighted by Crippen LogP contribution is -2.19. The molecule has 0 saturated carbocycles. The van der Waals surface area contributed by atoms with Crippen LogP contribution in [-0.4, -0.2) is 17.4 Å². The maximum atomic E-state index is 12.4. The molecular weight excluding hydrogens is 403 g/mol. The molecule has 2 aromatic carbocycles. The average Bonchev–Trinajstić information content (AvgIpc) is 2.42. The first-order chi connectivity index (χ1) is 10.7. The molecule has 0 heterocycles. The Morgan fingerprint density at radius 3 is 2.57 bits per heavy atom. The predicted octanol–water partition coefficient (Wildman–Crippen LogP) is 4.96. The molecule has 0 bridgehead atoms. The summed E-state index contributed by atoms with van der Waals surface area (Å²) in [6, 6.07) is 7.47. The van der Waals surface area contributed by atoms with Gasteiger partial charge in [0.25, 0.3) is 5.91 Å². The monoisotopic (exact) mass is 409 g/mol. The minimum Gasteiger partial charge on any atom is -0.507 e. The van der Waals surface area contributed by atoms with Gasteiger partial charge in [-0.3, -0.25) is 4.79 Å². The molecule has 2 N–H and O–H groups in total. The second-order valence-corrected chi connectivity index (χ2v) is 5.66. The summed E-state index contributed by atoms with van der Waals surface area (Å²) in [7, 11) is 0. The van der Waals surface area contributed by atoms with Gasteiger partial charge in [0.15, 0.2) is 5.75 Å². The standard InChI is InChI=1S/C14H8BrClF3NO3/c15-7-1-3-10(12(5-7)23-14(17,18)19)20-13(22)9-6-8(16)2-4-11(9)21/h1-6,21H,(H,20,22). The highest BCUT2D eigenvalue weighted by Crippen LogP contribution is 2.33. The van der Waals surface area contributed by atoms with Crippen molar-refractivity contribution in [2.24, 2.45) is 0 Å². The Morgan fingerprint density at radius 2 is 1.91 bits per heavy atom. The first-order valence-electron chi connectivity index (χ1n) is 6.01. The fourth-order valence-electron chi connectivity index (χ4n) is 1.69. The van der Waals surface area contributed by atoms with Gasteiger partial charge in [-0.1, -0.05) is 27.5 Å². The van der Waals surface area contributed by atoms with Crippen LogP contribution in [0.1, 0.15) is 10.4 Å². The molecule has 0 radical (unpaired) electrons. The number of hydrogen-bond donors (Lipinski definition) is 2. The third-order valence-corrected chi connectivity index (χ3v) is 3.35. The molecule has 122 valence electrons. The summed E-state index contributed by atoms with van der Waals surface area (Å²) in [6.45, 7) is 0. The molecule has 0 atom stereocenters. The number of phenolic OH excluding ortho intramolecular Hbond substituents is 1. The number of hydrogen-bond acceptors (Lipinski definition) is 3. The number of aromatic hydroxyl groups is 1. The third-order valence-electron chi connectivity index (χ3n) is 2.62. The van der Waals surface area contributed by atoms with E-state index in [0.717, 1.165) is 6.07 Å². The summed E-state index contributed by atoms with van der Waals surface area (Å²) in [4.78, 5) is 12.1. The van der Waals surface area contributed by atoms with Gasteiger partial charge in [-0.05, 0) is 36.4 Å². The molecule has 0 unspecified atom stereocenters. The number of alkyl halides is 3. The normalized spacial score (nSPS) is 11.2. The molecule has 23 heavy (non-hydrogen) atoms. The predicted molar refractivity (Wildman–Crippen MR) is 81.9 cm³/mol. The minimum absolute atomic E-state index is 0.182. The van der Waals surface area contributed by atoms with E-state index in [-0.39, 0.29) is 22.0 Å². The van der Waals surface area contributed by atoms with Crippen LogP contribution in [-0.2, 0) is 0 Å². The van der Waals surface area contributed by atoms with E-state index in [4.69, 9.17) is 11.6 Å². The molecule has 0 aliphatic heterocycles. The number of amides is 1. The van der Waals surface area contributed by atoms with Gasteiger partial charge in [0.05, 0.1) is 11.3 Å². The van der Waals surface area contributed by atoms with Gasteiger partial charge in [-0.2, -0.15) is 0 Å². The van der Waals surface area contributed by atoms with Crippen LogP contribution in [0.2, 0.25) is 5.02 Å². The maximum absolute atomic E-state index is 12.4. The summed E-state index contributed by atoms with van der Waals surface area (Å²) in [5, 5.41) is 12.1. The van der Waals surface area contributed by atoms with E-state index in [1.54, 1.807) is 0 Å². The number of phenols is 1. The topological polar surface area (TPSA) is 58.6 Å². The zero-order valence-corrected chi connectivity index (χ0v) is 13.5. The van der Waals surface area contributed by atoms with Crippen LogP contribution in [0.4, 0.5) is 18.9 Å². The van der Waals surface area contributed by atoms with Crippen molar-refractivity contribution >= 4 is 39.1 Å². The van der Waals surface area contributed by atoms with E-state index in [0.29, 0.717) is 4.47 Å². The van der Waals surface area contributed by atoms with Crippen LogP contribution < -0.4 is 10.1 Å². The lowest BCUT2D eigenvalue weighted by molar-refractivity contribution is -0.274. The van der Waals surface area contributed by atoms with Crippen molar-refractivity contribution in [3.63, 3.8) is 0 Å². The van der Waals surface area contributed by atoms with Gasteiger partial charge in [0, 0.05) is 9.50 Å². The van der Waals surface area contributed by atoms with E-state index < -0.39 is 18.0 Å². The lowest BCUT2D eigenvalue weighted by Gasteiger charge is -2.14. The highest BCUT2D eigenvalue weighted by Gasteiger charge is 2.32. The van der Waals surface area contributed by atoms with E-state index in [9.17, 15) is 23.1 Å². The molecular formula is C14H8BrClF3NO3. The number of benzene rings is 2. The Labute approximate surface area is 142 Å². The van der Waals surface area contributed by atoms with Gasteiger partial charge >= 0.3 is 6.36 Å². The van der Waals surface area contributed by atoms with Crippen molar-refractivity contribution < 1.29 is 27.8 Å². The highest BCUT2D eigenvalue weighted by molar-refractivity contribution is 9.10. The second kappa shape index (κ2) is 6.67. The molecule has 0 fully saturated rings. The molecule has 0 aliphatic rings. The van der Waals surface area contributed by atoms with E-state index in [1.165, 1.54) is 30.3 Å². The summed E-state index contributed by atoms with van der Waals surface area (Å²) in [5.41, 5.74) is -0.395. The van der Waals surface area contributed by atoms with Crippen molar-refractivity contribution in [3.05, 3.63) is 51.5 Å². The molecule has 9 heteroatoms. The molecule has 0 aromatic heterocycles. The number of ether oxygens (including phenoxy) is 1. The number of halogens is 5. The first kappa shape index (κ1) is 17.4. The third kappa shape index (κ3) is 4.77. The number of rotatable bonds is 3. The molecule has 2 aromatic rings. The summed E-state index contributed by atoms with van der Waals surface area (Å²) in [6.07, 6.45) is -4.92. The van der Waals surface area contributed by atoms with Crippen LogP contribution in [0.3, 0.4) is 0 Å². The Balaban J connectivity index is 2.32. The molecule has 0 aliphatic carbocycles. The quantitative estimate of drug-likeness (QED) is 0.752. The zero-order chi connectivity index (χ0) is 17.2. The minimum atomic E-state index is -4.92. The second-order valence-electron chi connectivity index (χ2n) is 4.30. The van der Waals surface area contributed by atoms with Crippen LogP contribution in [0.15, 0.2) is 40.9 Å². The molecule has 2 rings (SSSR count). The Kier molecular flexibility index (Phi) is 5.06. The summed E-state index contributed by atoms with van der Waals surface area (Å²) < 4.78 is 41.5. The van der Waals surface area contributed by atoms with Gasteiger partial charge in [-0.15, -0.1) is 13.2 Å². The summed E-state index contributed by atoms with van der Waals surface area (Å²) in [5.74, 6) is -1.79. The number of carbonyl (C=O) groups excluding carboxylic acids is 1. The largest absolute Gasteiger partial charge is 0.573 e. The van der Waals surface area contributed by atoms with E-state index in [2.05, 4.69) is 26.0 Å². The highest BCUT2D eigenvalue weighted by atomic mass is 79.9. The first-order valence-corrected chi connectivity index (χ1v) is 7.18. The van der Waals surface area contributed by atoms with Crippen LogP contribution in [0.5, 0.6) is 11.5 Å². The van der Waals surface area contributed by atoms with Crippen molar-refractivity contribution in [3.8, 4) is 11.5 Å². The number of carbonyl (C=O) groups is 1. The lowest BCUT2D eigenvalue weighted by atomic mass is 10.2. The summed E-state index contributed by atoms with van der Waals surface area (Å²) >= 11 is 8.75. The Bertz CT molecular complexity index is 753. The molecule has 4 nitrogen and oxygen atoms in total. The molecule has 0 spiro atoms. The molecule has 1 amide bonds. The van der Waals surface area contributed by atoms with Crippen LogP contribution in [0, 0.1) is 0 Å².